The zero-order valence-electron chi connectivity index (χ0n) is 14.3. The Kier molecular flexibility index (Phi) is 4.47. The van der Waals surface area contributed by atoms with Crippen LogP contribution in [0, 0.1) is 6.92 Å². The van der Waals surface area contributed by atoms with Gasteiger partial charge >= 0.3 is 0 Å². The van der Waals surface area contributed by atoms with E-state index in [1.807, 2.05) is 37.4 Å². The molecule has 1 aliphatic rings. The summed E-state index contributed by atoms with van der Waals surface area (Å²) in [6.45, 7) is 4.63. The van der Waals surface area contributed by atoms with Crippen LogP contribution in [0.25, 0.3) is 11.5 Å². The first-order valence-corrected chi connectivity index (χ1v) is 8.65. The lowest BCUT2D eigenvalue weighted by Gasteiger charge is -2.25. The highest BCUT2D eigenvalue weighted by molar-refractivity contribution is 5.56. The molecule has 1 saturated heterocycles. The fourth-order valence-corrected chi connectivity index (χ4v) is 3.40. The number of rotatable bonds is 6. The zero-order valence-corrected chi connectivity index (χ0v) is 14.3. The molecule has 0 aliphatic carbocycles. The molecule has 2 N–H and O–H groups in total. The molecule has 25 heavy (non-hydrogen) atoms. The van der Waals surface area contributed by atoms with Crippen molar-refractivity contribution in [1.82, 2.24) is 25.7 Å². The Morgan fingerprint density at radius 3 is 3.12 bits per heavy atom. The molecule has 4 rings (SSSR count). The Bertz CT molecular complexity index is 812. The number of nitrogens with one attached hydrogen (secondary N) is 2. The van der Waals surface area contributed by atoms with Gasteiger partial charge < -0.3 is 14.6 Å². The van der Waals surface area contributed by atoms with Gasteiger partial charge in [-0.3, -0.25) is 5.10 Å². The van der Waals surface area contributed by atoms with Crippen molar-refractivity contribution in [3.8, 4) is 11.5 Å². The highest BCUT2D eigenvalue weighted by Gasteiger charge is 2.25. The summed E-state index contributed by atoms with van der Waals surface area (Å²) in [6.07, 6.45) is 5.92. The second-order valence-corrected chi connectivity index (χ2v) is 6.38. The molecule has 3 aromatic rings. The standard InChI is InChI=1S/C18H22N6O/c1-13-6-7-16(25-13)18-14(11-21-23-18)10-19-12-15-4-3-9-24(15)17-5-2-8-20-22-17/h2,5-8,11,15,19H,3-4,9-10,12H2,1H3,(H,21,23)/t15-/m0/s1. The van der Waals surface area contributed by atoms with E-state index in [9.17, 15) is 0 Å². The van der Waals surface area contributed by atoms with Crippen LogP contribution in [0.2, 0.25) is 0 Å². The highest BCUT2D eigenvalue weighted by atomic mass is 16.3. The minimum absolute atomic E-state index is 0.443. The Morgan fingerprint density at radius 1 is 1.36 bits per heavy atom. The number of nitrogens with zero attached hydrogens (tertiary/aromatic N) is 4. The normalized spacial score (nSPS) is 17.3. The molecular formula is C18H22N6O. The number of H-pyrrole nitrogens is 1. The van der Waals surface area contributed by atoms with E-state index in [0.29, 0.717) is 6.04 Å². The molecule has 0 unspecified atom stereocenters. The molecule has 7 heteroatoms. The molecule has 130 valence electrons. The number of hydrogen-bond donors (Lipinski definition) is 2. The van der Waals surface area contributed by atoms with Gasteiger partial charge in [-0.15, -0.1) is 5.10 Å². The molecule has 0 spiro atoms. The molecular weight excluding hydrogens is 316 g/mol. The van der Waals surface area contributed by atoms with Crippen LogP contribution in [0.15, 0.2) is 41.1 Å². The van der Waals surface area contributed by atoms with Crippen LogP contribution in [0.3, 0.4) is 0 Å². The first kappa shape index (κ1) is 15.8. The Hall–Kier alpha value is -2.67. The van der Waals surface area contributed by atoms with Gasteiger partial charge in [-0.2, -0.15) is 10.2 Å². The molecule has 1 atom stereocenters. The summed E-state index contributed by atoms with van der Waals surface area (Å²) >= 11 is 0. The Balaban J connectivity index is 1.38. The largest absolute Gasteiger partial charge is 0.460 e. The predicted molar refractivity (Wildman–Crippen MR) is 95.1 cm³/mol. The van der Waals surface area contributed by atoms with Gasteiger partial charge in [0.2, 0.25) is 0 Å². The number of aromatic amines is 1. The van der Waals surface area contributed by atoms with Crippen molar-refractivity contribution in [2.45, 2.75) is 32.4 Å². The van der Waals surface area contributed by atoms with Crippen LogP contribution < -0.4 is 10.2 Å². The van der Waals surface area contributed by atoms with Gasteiger partial charge in [-0.25, -0.2) is 0 Å². The predicted octanol–water partition coefficient (Wildman–Crippen LogP) is 2.53. The molecule has 4 heterocycles. The van der Waals surface area contributed by atoms with E-state index in [0.717, 1.165) is 48.2 Å². The number of aromatic nitrogens is 4. The second-order valence-electron chi connectivity index (χ2n) is 6.38. The molecule has 1 fully saturated rings. The van der Waals surface area contributed by atoms with Gasteiger partial charge in [-0.05, 0) is 44.0 Å². The van der Waals surface area contributed by atoms with Crippen LogP contribution >= 0.6 is 0 Å². The fraction of sp³-hybridized carbons (Fsp3) is 0.389. The van der Waals surface area contributed by atoms with Crippen molar-refractivity contribution < 1.29 is 4.42 Å². The summed E-state index contributed by atoms with van der Waals surface area (Å²) < 4.78 is 5.70. The number of anilines is 1. The van der Waals surface area contributed by atoms with Crippen LogP contribution in [0.5, 0.6) is 0 Å². The van der Waals surface area contributed by atoms with Gasteiger partial charge in [0, 0.05) is 37.4 Å². The number of aryl methyl sites for hydroxylation is 1. The minimum Gasteiger partial charge on any atom is -0.460 e. The van der Waals surface area contributed by atoms with Gasteiger partial charge in [-0.1, -0.05) is 0 Å². The van der Waals surface area contributed by atoms with Crippen molar-refractivity contribution >= 4 is 5.82 Å². The maximum atomic E-state index is 5.70. The molecule has 1 aliphatic heterocycles. The van der Waals surface area contributed by atoms with E-state index < -0.39 is 0 Å². The number of furan rings is 1. The third-order valence-electron chi connectivity index (χ3n) is 4.63. The molecule has 0 amide bonds. The van der Waals surface area contributed by atoms with E-state index >= 15 is 0 Å². The van der Waals surface area contributed by atoms with Crippen molar-refractivity contribution in [3.05, 3.63) is 48.0 Å². The molecule has 0 saturated carbocycles. The smallest absolute Gasteiger partial charge is 0.152 e. The Morgan fingerprint density at radius 2 is 2.32 bits per heavy atom. The lowest BCUT2D eigenvalue weighted by Crippen LogP contribution is -2.38. The van der Waals surface area contributed by atoms with Crippen molar-refractivity contribution in [1.29, 1.82) is 0 Å². The first-order valence-electron chi connectivity index (χ1n) is 8.65. The molecule has 7 nitrogen and oxygen atoms in total. The molecule has 0 bridgehead atoms. The SMILES string of the molecule is Cc1ccc(-c2[nH]ncc2CNC[C@@H]2CCCN2c2cccnn2)o1. The lowest BCUT2D eigenvalue weighted by molar-refractivity contribution is 0.543. The van der Waals surface area contributed by atoms with E-state index in [4.69, 9.17) is 4.42 Å². The van der Waals surface area contributed by atoms with Gasteiger partial charge in [0.1, 0.15) is 11.5 Å². The monoisotopic (exact) mass is 338 g/mol. The van der Waals surface area contributed by atoms with Crippen LogP contribution in [-0.2, 0) is 6.54 Å². The maximum Gasteiger partial charge on any atom is 0.152 e. The Labute approximate surface area is 146 Å². The average molecular weight is 338 g/mol. The van der Waals surface area contributed by atoms with Crippen molar-refractivity contribution in [3.63, 3.8) is 0 Å². The van der Waals surface area contributed by atoms with Crippen molar-refractivity contribution in [2.24, 2.45) is 0 Å². The summed E-state index contributed by atoms with van der Waals surface area (Å²) in [5.41, 5.74) is 2.05. The van der Waals surface area contributed by atoms with Crippen LogP contribution in [0.1, 0.15) is 24.2 Å². The zero-order chi connectivity index (χ0) is 17.1. The van der Waals surface area contributed by atoms with E-state index in [2.05, 4.69) is 30.6 Å². The average Bonchev–Trinajstić information content (AvgIpc) is 3.36. The highest BCUT2D eigenvalue weighted by Crippen LogP contribution is 2.24. The van der Waals surface area contributed by atoms with Crippen molar-refractivity contribution in [2.75, 3.05) is 18.0 Å². The minimum atomic E-state index is 0.443. The van der Waals surface area contributed by atoms with Gasteiger partial charge in [0.15, 0.2) is 11.6 Å². The van der Waals surface area contributed by atoms with E-state index in [1.54, 1.807) is 6.20 Å². The quantitative estimate of drug-likeness (QED) is 0.719. The van der Waals surface area contributed by atoms with E-state index in [1.165, 1.54) is 12.8 Å². The molecule has 0 aromatic carbocycles. The summed E-state index contributed by atoms with van der Waals surface area (Å²) in [4.78, 5) is 2.34. The molecule has 3 aromatic heterocycles. The van der Waals surface area contributed by atoms with Crippen LogP contribution in [0.4, 0.5) is 5.82 Å². The van der Waals surface area contributed by atoms with Gasteiger partial charge in [0.25, 0.3) is 0 Å². The second kappa shape index (κ2) is 7.06. The van der Waals surface area contributed by atoms with E-state index in [-0.39, 0.29) is 0 Å². The summed E-state index contributed by atoms with van der Waals surface area (Å²) in [7, 11) is 0. The summed E-state index contributed by atoms with van der Waals surface area (Å²) in [5.74, 6) is 2.68. The van der Waals surface area contributed by atoms with Crippen LogP contribution in [-0.4, -0.2) is 39.5 Å². The first-order chi connectivity index (χ1) is 12.3. The fourth-order valence-electron chi connectivity index (χ4n) is 3.40. The topological polar surface area (TPSA) is 82.9 Å². The molecule has 0 radical (unpaired) electrons. The maximum absolute atomic E-state index is 5.70. The third-order valence-corrected chi connectivity index (χ3v) is 4.63. The summed E-state index contributed by atoms with van der Waals surface area (Å²) in [6, 6.07) is 8.34. The van der Waals surface area contributed by atoms with Gasteiger partial charge in [0.05, 0.1) is 6.20 Å². The third kappa shape index (κ3) is 3.41. The number of hydrogen-bond acceptors (Lipinski definition) is 6. The summed E-state index contributed by atoms with van der Waals surface area (Å²) in [5, 5.41) is 19.0. The lowest BCUT2D eigenvalue weighted by atomic mass is 10.2.